The fourth-order valence-electron chi connectivity index (χ4n) is 5.01. The molecular weight excluding hydrogens is 444 g/mol. The molecule has 0 saturated heterocycles. The quantitative estimate of drug-likeness (QED) is 0.405. The number of amides is 2. The third kappa shape index (κ3) is 6.21. The zero-order valence-electron chi connectivity index (χ0n) is 20.2. The number of aliphatic carboxylic acids is 1. The van der Waals surface area contributed by atoms with E-state index in [2.05, 4.69) is 34.9 Å². The summed E-state index contributed by atoms with van der Waals surface area (Å²) in [6.07, 6.45) is 3.65. The first-order chi connectivity index (χ1) is 16.9. The van der Waals surface area contributed by atoms with Crippen LogP contribution >= 0.6 is 0 Å². The predicted molar refractivity (Wildman–Crippen MR) is 133 cm³/mol. The van der Waals surface area contributed by atoms with Gasteiger partial charge in [-0.25, -0.2) is 4.79 Å². The number of carboxylic acid groups (broad SMARTS) is 1. The molecule has 2 aliphatic rings. The zero-order valence-corrected chi connectivity index (χ0v) is 20.2. The molecule has 1 unspecified atom stereocenters. The van der Waals surface area contributed by atoms with Crippen LogP contribution in [-0.2, 0) is 14.3 Å². The van der Waals surface area contributed by atoms with Crippen LogP contribution < -0.4 is 10.6 Å². The minimum absolute atomic E-state index is 0.000704. The lowest BCUT2D eigenvalue weighted by molar-refractivity contribution is -0.137. The van der Waals surface area contributed by atoms with Crippen molar-refractivity contribution < 1.29 is 24.2 Å². The lowest BCUT2D eigenvalue weighted by Gasteiger charge is -2.19. The van der Waals surface area contributed by atoms with E-state index in [1.54, 1.807) is 0 Å². The topological polar surface area (TPSA) is 105 Å². The summed E-state index contributed by atoms with van der Waals surface area (Å²) in [5.41, 5.74) is 4.16. The SMILES string of the molecule is CCC(CCNC(=O)CC1(NC(=O)OCC2c3ccccc3-c3ccccc32)CC1)CCC(=O)O. The normalized spacial score (nSPS) is 16.0. The van der Waals surface area contributed by atoms with E-state index in [0.717, 1.165) is 36.8 Å². The molecule has 0 radical (unpaired) electrons. The van der Waals surface area contributed by atoms with E-state index >= 15 is 0 Å². The molecule has 1 fully saturated rings. The molecule has 2 amide bonds. The van der Waals surface area contributed by atoms with Gasteiger partial charge in [-0.15, -0.1) is 0 Å². The number of carboxylic acids is 1. The van der Waals surface area contributed by atoms with Gasteiger partial charge >= 0.3 is 12.1 Å². The van der Waals surface area contributed by atoms with Crippen molar-refractivity contribution in [1.29, 1.82) is 0 Å². The summed E-state index contributed by atoms with van der Waals surface area (Å²) in [5, 5.41) is 14.7. The number of hydrogen-bond acceptors (Lipinski definition) is 4. The fourth-order valence-corrected chi connectivity index (χ4v) is 5.01. The van der Waals surface area contributed by atoms with E-state index in [1.807, 2.05) is 31.2 Å². The Bertz CT molecular complexity index is 1030. The van der Waals surface area contributed by atoms with E-state index in [-0.39, 0.29) is 37.2 Å². The van der Waals surface area contributed by atoms with Gasteiger partial charge in [0.1, 0.15) is 6.61 Å². The van der Waals surface area contributed by atoms with Gasteiger partial charge in [0.25, 0.3) is 0 Å². The van der Waals surface area contributed by atoms with Crippen molar-refractivity contribution in [1.82, 2.24) is 10.6 Å². The van der Waals surface area contributed by atoms with Crippen LogP contribution in [0.5, 0.6) is 0 Å². The number of fused-ring (bicyclic) bond motifs is 3. The average Bonchev–Trinajstić information content (AvgIpc) is 3.51. The molecule has 186 valence electrons. The minimum Gasteiger partial charge on any atom is -0.481 e. The van der Waals surface area contributed by atoms with Crippen LogP contribution in [0.4, 0.5) is 4.79 Å². The number of nitrogens with one attached hydrogen (secondary N) is 2. The molecule has 0 spiro atoms. The molecule has 3 N–H and O–H groups in total. The third-order valence-electron chi connectivity index (χ3n) is 7.28. The van der Waals surface area contributed by atoms with Crippen LogP contribution in [0, 0.1) is 5.92 Å². The van der Waals surface area contributed by atoms with Crippen molar-refractivity contribution in [2.75, 3.05) is 13.2 Å². The van der Waals surface area contributed by atoms with Gasteiger partial charge in [0.05, 0.1) is 5.54 Å². The zero-order chi connectivity index (χ0) is 24.8. The van der Waals surface area contributed by atoms with E-state index in [9.17, 15) is 14.4 Å². The molecule has 4 rings (SSSR count). The van der Waals surface area contributed by atoms with Crippen molar-refractivity contribution in [2.24, 2.45) is 5.92 Å². The Labute approximate surface area is 206 Å². The summed E-state index contributed by atoms with van der Waals surface area (Å²) in [6.45, 7) is 2.79. The highest BCUT2D eigenvalue weighted by Crippen LogP contribution is 2.44. The van der Waals surface area contributed by atoms with Crippen molar-refractivity contribution in [2.45, 2.75) is 63.3 Å². The Morgan fingerprint density at radius 1 is 1.03 bits per heavy atom. The Balaban J connectivity index is 1.23. The van der Waals surface area contributed by atoms with Gasteiger partial charge in [0.15, 0.2) is 0 Å². The standard InChI is InChI=1S/C28H34N2O5/c1-2-19(11-12-26(32)33)13-16-29-25(31)17-28(14-15-28)30-27(34)35-18-24-22-9-5-3-7-20(22)21-8-4-6-10-23(21)24/h3-10,19,24H,2,11-18H2,1H3,(H,29,31)(H,30,34)(H,32,33). The number of hydrogen-bond donors (Lipinski definition) is 3. The first-order valence-electron chi connectivity index (χ1n) is 12.5. The molecule has 0 bridgehead atoms. The van der Waals surface area contributed by atoms with Crippen LogP contribution in [0.25, 0.3) is 11.1 Å². The van der Waals surface area contributed by atoms with Crippen LogP contribution in [0.2, 0.25) is 0 Å². The monoisotopic (exact) mass is 478 g/mol. The number of benzene rings is 2. The van der Waals surface area contributed by atoms with Crippen molar-refractivity contribution >= 4 is 18.0 Å². The number of carbonyl (C=O) groups excluding carboxylic acids is 2. The molecule has 2 aromatic carbocycles. The van der Waals surface area contributed by atoms with Crippen LogP contribution in [0.1, 0.15) is 68.9 Å². The summed E-state index contributed by atoms with van der Waals surface area (Å²) < 4.78 is 5.64. The highest BCUT2D eigenvalue weighted by molar-refractivity contribution is 5.80. The van der Waals surface area contributed by atoms with Gasteiger partial charge in [-0.05, 0) is 53.9 Å². The Morgan fingerprint density at radius 3 is 2.23 bits per heavy atom. The second kappa shape index (κ2) is 10.9. The van der Waals surface area contributed by atoms with Crippen LogP contribution in [-0.4, -0.2) is 41.8 Å². The van der Waals surface area contributed by atoms with Gasteiger partial charge in [0, 0.05) is 25.3 Å². The largest absolute Gasteiger partial charge is 0.481 e. The Kier molecular flexibility index (Phi) is 7.73. The van der Waals surface area contributed by atoms with E-state index in [0.29, 0.717) is 13.0 Å². The van der Waals surface area contributed by atoms with Gasteiger partial charge in [-0.3, -0.25) is 9.59 Å². The van der Waals surface area contributed by atoms with Crippen LogP contribution in [0.3, 0.4) is 0 Å². The molecule has 0 aromatic heterocycles. The minimum atomic E-state index is -0.789. The summed E-state index contributed by atoms with van der Waals surface area (Å²) in [5.74, 6) is -0.614. The number of ether oxygens (including phenoxy) is 1. The molecule has 2 aliphatic carbocycles. The van der Waals surface area contributed by atoms with Gasteiger partial charge in [-0.1, -0.05) is 61.9 Å². The highest BCUT2D eigenvalue weighted by atomic mass is 16.5. The second-order valence-electron chi connectivity index (χ2n) is 9.75. The maximum absolute atomic E-state index is 12.6. The molecule has 7 nitrogen and oxygen atoms in total. The van der Waals surface area contributed by atoms with Crippen LogP contribution in [0.15, 0.2) is 48.5 Å². The maximum Gasteiger partial charge on any atom is 0.407 e. The lowest BCUT2D eigenvalue weighted by atomic mass is 9.96. The van der Waals surface area contributed by atoms with Crippen molar-refractivity contribution in [3.8, 4) is 11.1 Å². The Morgan fingerprint density at radius 2 is 1.66 bits per heavy atom. The smallest absolute Gasteiger partial charge is 0.407 e. The van der Waals surface area contributed by atoms with Crippen molar-refractivity contribution in [3.05, 3.63) is 59.7 Å². The lowest BCUT2D eigenvalue weighted by Crippen LogP contribution is -2.42. The summed E-state index contributed by atoms with van der Waals surface area (Å²) in [4.78, 5) is 35.8. The maximum atomic E-state index is 12.6. The number of rotatable bonds is 12. The van der Waals surface area contributed by atoms with E-state index < -0.39 is 17.6 Å². The molecule has 0 heterocycles. The molecule has 1 saturated carbocycles. The van der Waals surface area contributed by atoms with Gasteiger partial charge in [0.2, 0.25) is 5.91 Å². The average molecular weight is 479 g/mol. The van der Waals surface area contributed by atoms with E-state index in [4.69, 9.17) is 9.84 Å². The first kappa shape index (κ1) is 24.8. The molecule has 1 atom stereocenters. The van der Waals surface area contributed by atoms with E-state index in [1.165, 1.54) is 11.1 Å². The molecular formula is C28H34N2O5. The molecule has 35 heavy (non-hydrogen) atoms. The fraction of sp³-hybridized carbons (Fsp3) is 0.464. The second-order valence-corrected chi connectivity index (χ2v) is 9.75. The summed E-state index contributed by atoms with van der Waals surface area (Å²) in [6, 6.07) is 16.4. The number of carbonyl (C=O) groups is 3. The molecule has 2 aromatic rings. The Hall–Kier alpha value is -3.35. The van der Waals surface area contributed by atoms with Gasteiger partial charge < -0.3 is 20.5 Å². The number of alkyl carbamates (subject to hydrolysis) is 1. The summed E-state index contributed by atoms with van der Waals surface area (Å²) in [7, 11) is 0. The first-order valence-corrected chi connectivity index (χ1v) is 12.5. The molecule has 7 heteroatoms. The predicted octanol–water partition coefficient (Wildman–Crippen LogP) is 4.85. The molecule has 0 aliphatic heterocycles. The van der Waals surface area contributed by atoms with Crippen molar-refractivity contribution in [3.63, 3.8) is 0 Å². The highest BCUT2D eigenvalue weighted by Gasteiger charge is 2.46. The third-order valence-corrected chi connectivity index (χ3v) is 7.28. The summed E-state index contributed by atoms with van der Waals surface area (Å²) >= 11 is 0. The van der Waals surface area contributed by atoms with Gasteiger partial charge in [-0.2, -0.15) is 0 Å².